The van der Waals surface area contributed by atoms with Gasteiger partial charge >= 0.3 is 0 Å². The topological polar surface area (TPSA) is 32.3 Å². The highest BCUT2D eigenvalue weighted by Crippen LogP contribution is 2.44. The second-order valence-electron chi connectivity index (χ2n) is 5.79. The molecule has 1 aliphatic carbocycles. The Hall–Kier alpha value is -0.930. The molecule has 1 aromatic carbocycles. The van der Waals surface area contributed by atoms with Crippen molar-refractivity contribution in [3.63, 3.8) is 0 Å². The number of halogens is 1. The zero-order valence-electron chi connectivity index (χ0n) is 10.5. The van der Waals surface area contributed by atoms with Crippen LogP contribution in [0.4, 0.5) is 4.39 Å². The van der Waals surface area contributed by atoms with Crippen LogP contribution in [0.1, 0.15) is 31.2 Å². The minimum Gasteiger partial charge on any atom is -0.385 e. The molecule has 0 aromatic heterocycles. The molecule has 98 valence electrons. The number of aliphatic hydroxyl groups is 1. The highest BCUT2D eigenvalue weighted by Gasteiger charge is 2.41. The van der Waals surface area contributed by atoms with E-state index in [0.29, 0.717) is 11.8 Å². The molecular formula is C15H20FNO. The zero-order chi connectivity index (χ0) is 12.6. The number of nitrogens with one attached hydrogen (secondary N) is 1. The molecule has 2 N–H and O–H groups in total. The Bertz CT molecular complexity index is 419. The summed E-state index contributed by atoms with van der Waals surface area (Å²) >= 11 is 0. The van der Waals surface area contributed by atoms with E-state index in [1.807, 2.05) is 0 Å². The van der Waals surface area contributed by atoms with Gasteiger partial charge in [-0.3, -0.25) is 0 Å². The fourth-order valence-corrected chi connectivity index (χ4v) is 3.57. The van der Waals surface area contributed by atoms with Crippen LogP contribution in [0.15, 0.2) is 24.3 Å². The third-order valence-corrected chi connectivity index (χ3v) is 4.68. The van der Waals surface area contributed by atoms with Crippen molar-refractivity contribution in [1.82, 2.24) is 5.32 Å². The van der Waals surface area contributed by atoms with Gasteiger partial charge in [0.15, 0.2) is 0 Å². The van der Waals surface area contributed by atoms with Gasteiger partial charge in [-0.25, -0.2) is 4.39 Å². The summed E-state index contributed by atoms with van der Waals surface area (Å²) in [5.74, 6) is 1.08. The van der Waals surface area contributed by atoms with Crippen LogP contribution in [-0.4, -0.2) is 18.2 Å². The molecule has 2 aliphatic rings. The van der Waals surface area contributed by atoms with Crippen LogP contribution < -0.4 is 5.32 Å². The SMILES string of the molecule is OC1(c2ccc(F)cc2)CC[C@H]2CNCC[C@H]2C1. The van der Waals surface area contributed by atoms with E-state index in [-0.39, 0.29) is 5.82 Å². The smallest absolute Gasteiger partial charge is 0.123 e. The largest absolute Gasteiger partial charge is 0.385 e. The summed E-state index contributed by atoms with van der Waals surface area (Å²) in [4.78, 5) is 0. The first-order chi connectivity index (χ1) is 8.67. The van der Waals surface area contributed by atoms with Crippen molar-refractivity contribution in [3.8, 4) is 0 Å². The molecule has 1 saturated heterocycles. The predicted molar refractivity (Wildman–Crippen MR) is 68.6 cm³/mol. The molecule has 18 heavy (non-hydrogen) atoms. The maximum absolute atomic E-state index is 13.0. The molecule has 3 rings (SSSR count). The van der Waals surface area contributed by atoms with Crippen molar-refractivity contribution in [3.05, 3.63) is 35.6 Å². The Morgan fingerprint density at radius 3 is 2.72 bits per heavy atom. The summed E-state index contributed by atoms with van der Waals surface area (Å²) in [5, 5.41) is 14.3. The minimum atomic E-state index is -0.744. The number of hydrogen-bond donors (Lipinski definition) is 2. The van der Waals surface area contributed by atoms with Crippen LogP contribution >= 0.6 is 0 Å². The van der Waals surface area contributed by atoms with Gasteiger partial charge < -0.3 is 10.4 Å². The quantitative estimate of drug-likeness (QED) is 0.801. The number of rotatable bonds is 1. The number of benzene rings is 1. The maximum Gasteiger partial charge on any atom is 0.123 e. The second kappa shape index (κ2) is 4.63. The molecule has 0 bridgehead atoms. The number of piperidine rings is 1. The van der Waals surface area contributed by atoms with Crippen molar-refractivity contribution in [2.24, 2.45) is 11.8 Å². The first-order valence-electron chi connectivity index (χ1n) is 6.86. The highest BCUT2D eigenvalue weighted by atomic mass is 19.1. The lowest BCUT2D eigenvalue weighted by Gasteiger charge is -2.44. The van der Waals surface area contributed by atoms with Gasteiger partial charge in [0.25, 0.3) is 0 Å². The fourth-order valence-electron chi connectivity index (χ4n) is 3.57. The molecule has 1 aromatic rings. The van der Waals surface area contributed by atoms with Crippen LogP contribution in [0.5, 0.6) is 0 Å². The summed E-state index contributed by atoms with van der Waals surface area (Å²) in [7, 11) is 0. The average molecular weight is 249 g/mol. The lowest BCUT2D eigenvalue weighted by molar-refractivity contribution is -0.0469. The molecule has 2 fully saturated rings. The third-order valence-electron chi connectivity index (χ3n) is 4.68. The highest BCUT2D eigenvalue weighted by molar-refractivity contribution is 5.24. The Labute approximate surface area is 107 Å². The van der Waals surface area contributed by atoms with E-state index in [1.165, 1.54) is 12.1 Å². The predicted octanol–water partition coefficient (Wildman–Crippen LogP) is 2.42. The van der Waals surface area contributed by atoms with E-state index >= 15 is 0 Å². The lowest BCUT2D eigenvalue weighted by atomic mass is 9.67. The number of fused-ring (bicyclic) bond motifs is 1. The zero-order valence-corrected chi connectivity index (χ0v) is 10.5. The third kappa shape index (κ3) is 2.17. The van der Waals surface area contributed by atoms with Gasteiger partial charge in [0.1, 0.15) is 5.82 Å². The van der Waals surface area contributed by atoms with Crippen LogP contribution in [0.25, 0.3) is 0 Å². The van der Waals surface area contributed by atoms with Gasteiger partial charge in [0.05, 0.1) is 5.60 Å². The standard InChI is InChI=1S/C15H20FNO/c16-14-3-1-13(2-4-14)15(18)7-5-12-10-17-8-6-11(12)9-15/h1-4,11-12,17-18H,5-10H2/t11-,12-,15?/m0/s1. The summed E-state index contributed by atoms with van der Waals surface area (Å²) < 4.78 is 13.0. The van der Waals surface area contributed by atoms with Gasteiger partial charge in [-0.1, -0.05) is 12.1 Å². The molecule has 1 saturated carbocycles. The summed E-state index contributed by atoms with van der Waals surface area (Å²) in [5.41, 5.74) is 0.132. The summed E-state index contributed by atoms with van der Waals surface area (Å²) in [6, 6.07) is 6.36. The van der Waals surface area contributed by atoms with Gasteiger partial charge in [-0.2, -0.15) is 0 Å². The van der Waals surface area contributed by atoms with Crippen LogP contribution in [0.2, 0.25) is 0 Å². The van der Waals surface area contributed by atoms with E-state index in [4.69, 9.17) is 0 Å². The van der Waals surface area contributed by atoms with Crippen molar-refractivity contribution in [2.75, 3.05) is 13.1 Å². The average Bonchev–Trinajstić information content (AvgIpc) is 2.39. The first kappa shape index (κ1) is 12.1. The van der Waals surface area contributed by atoms with Crippen molar-refractivity contribution in [2.45, 2.75) is 31.3 Å². The molecule has 0 radical (unpaired) electrons. The molecule has 3 heteroatoms. The Balaban J connectivity index is 1.80. The van der Waals surface area contributed by atoms with Crippen LogP contribution in [-0.2, 0) is 5.60 Å². The Kier molecular flexibility index (Phi) is 3.12. The number of hydrogen-bond acceptors (Lipinski definition) is 2. The Morgan fingerprint density at radius 1 is 1.17 bits per heavy atom. The lowest BCUT2D eigenvalue weighted by Crippen LogP contribution is -2.45. The van der Waals surface area contributed by atoms with Gasteiger partial charge in [0.2, 0.25) is 0 Å². The minimum absolute atomic E-state index is 0.238. The van der Waals surface area contributed by atoms with Gasteiger partial charge in [-0.05, 0) is 68.3 Å². The fraction of sp³-hybridized carbons (Fsp3) is 0.600. The van der Waals surface area contributed by atoms with Crippen LogP contribution in [0.3, 0.4) is 0 Å². The molecule has 3 atom stereocenters. The first-order valence-corrected chi connectivity index (χ1v) is 6.86. The second-order valence-corrected chi connectivity index (χ2v) is 5.79. The van der Waals surface area contributed by atoms with E-state index in [9.17, 15) is 9.50 Å². The molecular weight excluding hydrogens is 229 g/mol. The van der Waals surface area contributed by atoms with E-state index in [1.54, 1.807) is 12.1 Å². The molecule has 1 aliphatic heterocycles. The molecule has 2 nitrogen and oxygen atoms in total. The Morgan fingerprint density at radius 2 is 1.94 bits per heavy atom. The van der Waals surface area contributed by atoms with Crippen LogP contribution in [0, 0.1) is 17.7 Å². The van der Waals surface area contributed by atoms with E-state index in [0.717, 1.165) is 44.3 Å². The van der Waals surface area contributed by atoms with Gasteiger partial charge in [0, 0.05) is 0 Å². The van der Waals surface area contributed by atoms with E-state index in [2.05, 4.69) is 5.32 Å². The van der Waals surface area contributed by atoms with Crippen molar-refractivity contribution >= 4 is 0 Å². The van der Waals surface area contributed by atoms with E-state index < -0.39 is 5.60 Å². The summed E-state index contributed by atoms with van der Waals surface area (Å²) in [6.45, 7) is 2.14. The van der Waals surface area contributed by atoms with Gasteiger partial charge in [-0.15, -0.1) is 0 Å². The maximum atomic E-state index is 13.0. The normalized spacial score (nSPS) is 36.1. The molecule has 1 unspecified atom stereocenters. The summed E-state index contributed by atoms with van der Waals surface area (Å²) in [6.07, 6.45) is 3.83. The molecule has 0 spiro atoms. The van der Waals surface area contributed by atoms with Crippen molar-refractivity contribution in [1.29, 1.82) is 0 Å². The van der Waals surface area contributed by atoms with Crippen molar-refractivity contribution < 1.29 is 9.50 Å². The molecule has 1 heterocycles. The monoisotopic (exact) mass is 249 g/mol. The molecule has 0 amide bonds.